The summed E-state index contributed by atoms with van der Waals surface area (Å²) >= 11 is 3.75. The van der Waals surface area contributed by atoms with Crippen LogP contribution in [-0.2, 0) is 10.5 Å². The van der Waals surface area contributed by atoms with Crippen LogP contribution in [0.2, 0.25) is 0 Å². The van der Waals surface area contributed by atoms with Gasteiger partial charge in [0.1, 0.15) is 5.75 Å². The molecule has 0 aromatic heterocycles. The van der Waals surface area contributed by atoms with Gasteiger partial charge < -0.3 is 10.1 Å². The Hall–Kier alpha value is -1.54. The fourth-order valence-corrected chi connectivity index (χ4v) is 3.87. The summed E-state index contributed by atoms with van der Waals surface area (Å²) in [7, 11) is 0. The first-order chi connectivity index (χ1) is 12.4. The van der Waals surface area contributed by atoms with Crippen molar-refractivity contribution in [1.82, 2.24) is 0 Å². The summed E-state index contributed by atoms with van der Waals surface area (Å²) in [5.41, 5.74) is 3.47. The maximum atomic E-state index is 12.2. The molecule has 0 atom stereocenters. The zero-order valence-electron chi connectivity index (χ0n) is 15.1. The molecule has 4 nitrogen and oxygen atoms in total. The monoisotopic (exact) mass is 483 g/mol. The van der Waals surface area contributed by atoms with Gasteiger partial charge in [-0.1, -0.05) is 0 Å². The molecule has 0 fully saturated rings. The van der Waals surface area contributed by atoms with Gasteiger partial charge in [-0.2, -0.15) is 0 Å². The Balaban J connectivity index is 1.96. The molecule has 0 saturated carbocycles. The summed E-state index contributed by atoms with van der Waals surface area (Å²) in [6.07, 6.45) is 0. The van der Waals surface area contributed by atoms with Crippen molar-refractivity contribution in [2.75, 3.05) is 17.7 Å². The SMILES string of the molecule is CCOc1ccc(C(C)=O)cc1CSCC(=O)Nc1ccc(I)cc1C. The van der Waals surface area contributed by atoms with E-state index >= 15 is 0 Å². The summed E-state index contributed by atoms with van der Waals surface area (Å²) in [6, 6.07) is 11.4. The Bertz CT molecular complexity index is 808. The van der Waals surface area contributed by atoms with Crippen molar-refractivity contribution in [3.05, 3.63) is 56.7 Å². The minimum Gasteiger partial charge on any atom is -0.494 e. The number of ketones is 1. The number of Topliss-reactive ketones (excluding diaryl/α,β-unsaturated/α-hetero) is 1. The van der Waals surface area contributed by atoms with E-state index in [-0.39, 0.29) is 11.7 Å². The third kappa shape index (κ3) is 6.02. The van der Waals surface area contributed by atoms with Gasteiger partial charge in [-0.3, -0.25) is 9.59 Å². The number of anilines is 1. The second-order valence-electron chi connectivity index (χ2n) is 5.81. The minimum atomic E-state index is -0.0417. The highest BCUT2D eigenvalue weighted by molar-refractivity contribution is 14.1. The molecule has 0 aliphatic rings. The number of hydrogen-bond donors (Lipinski definition) is 1. The van der Waals surface area contributed by atoms with Crippen LogP contribution in [0.4, 0.5) is 5.69 Å². The molecule has 0 saturated heterocycles. The summed E-state index contributed by atoms with van der Waals surface area (Å²) in [6.45, 7) is 6.01. The number of carbonyl (C=O) groups is 2. The number of amides is 1. The normalized spacial score (nSPS) is 10.5. The van der Waals surface area contributed by atoms with Gasteiger partial charge in [0, 0.05) is 26.1 Å². The molecule has 138 valence electrons. The smallest absolute Gasteiger partial charge is 0.234 e. The topological polar surface area (TPSA) is 55.4 Å². The van der Waals surface area contributed by atoms with Gasteiger partial charge in [-0.15, -0.1) is 11.8 Å². The van der Waals surface area contributed by atoms with Gasteiger partial charge in [0.2, 0.25) is 5.91 Å². The molecule has 2 aromatic carbocycles. The highest BCUT2D eigenvalue weighted by Gasteiger charge is 2.10. The van der Waals surface area contributed by atoms with Crippen LogP contribution in [0.5, 0.6) is 5.75 Å². The molecule has 0 aliphatic carbocycles. The molecule has 0 unspecified atom stereocenters. The average Bonchev–Trinajstić information content (AvgIpc) is 2.59. The van der Waals surface area contributed by atoms with E-state index in [0.717, 1.165) is 26.1 Å². The third-order valence-corrected chi connectivity index (χ3v) is 5.37. The van der Waals surface area contributed by atoms with Crippen molar-refractivity contribution in [3.8, 4) is 5.75 Å². The highest BCUT2D eigenvalue weighted by atomic mass is 127. The average molecular weight is 483 g/mol. The van der Waals surface area contributed by atoms with Crippen molar-refractivity contribution in [3.63, 3.8) is 0 Å². The lowest BCUT2D eigenvalue weighted by atomic mass is 10.1. The Morgan fingerprint density at radius 1 is 1.19 bits per heavy atom. The molecule has 2 rings (SSSR count). The second kappa shape index (κ2) is 9.97. The van der Waals surface area contributed by atoms with Crippen LogP contribution in [0.1, 0.15) is 35.3 Å². The number of nitrogens with one attached hydrogen (secondary N) is 1. The van der Waals surface area contributed by atoms with Crippen LogP contribution in [0.25, 0.3) is 0 Å². The van der Waals surface area contributed by atoms with Crippen LogP contribution in [0.3, 0.4) is 0 Å². The van der Waals surface area contributed by atoms with Gasteiger partial charge in [0.05, 0.1) is 12.4 Å². The van der Waals surface area contributed by atoms with E-state index in [1.807, 2.05) is 44.2 Å². The fraction of sp³-hybridized carbons (Fsp3) is 0.300. The molecule has 0 radical (unpaired) electrons. The lowest BCUT2D eigenvalue weighted by molar-refractivity contribution is -0.113. The zero-order chi connectivity index (χ0) is 19.1. The summed E-state index contributed by atoms with van der Waals surface area (Å²) in [4.78, 5) is 23.8. The first kappa shape index (κ1) is 20.8. The van der Waals surface area contributed by atoms with E-state index in [9.17, 15) is 9.59 Å². The van der Waals surface area contributed by atoms with Gasteiger partial charge in [-0.05, 0) is 85.3 Å². The van der Waals surface area contributed by atoms with Gasteiger partial charge in [0.25, 0.3) is 0 Å². The van der Waals surface area contributed by atoms with Gasteiger partial charge in [-0.25, -0.2) is 0 Å². The van der Waals surface area contributed by atoms with Crippen molar-refractivity contribution in [2.45, 2.75) is 26.5 Å². The Morgan fingerprint density at radius 3 is 2.62 bits per heavy atom. The van der Waals surface area contributed by atoms with E-state index in [4.69, 9.17) is 4.74 Å². The lowest BCUT2D eigenvalue weighted by Gasteiger charge is -2.12. The van der Waals surface area contributed by atoms with E-state index in [1.54, 1.807) is 13.0 Å². The minimum absolute atomic E-state index is 0.0197. The maximum Gasteiger partial charge on any atom is 0.234 e. The summed E-state index contributed by atoms with van der Waals surface area (Å²) in [5.74, 6) is 1.68. The molecular formula is C20H22INO3S. The summed E-state index contributed by atoms with van der Waals surface area (Å²) in [5, 5.41) is 2.94. The van der Waals surface area contributed by atoms with Crippen LogP contribution in [-0.4, -0.2) is 24.1 Å². The third-order valence-electron chi connectivity index (χ3n) is 3.72. The number of ether oxygens (including phenoxy) is 1. The van der Waals surface area contributed by atoms with Crippen LogP contribution in [0, 0.1) is 10.5 Å². The number of hydrogen-bond acceptors (Lipinski definition) is 4. The summed E-state index contributed by atoms with van der Waals surface area (Å²) < 4.78 is 6.77. The maximum absolute atomic E-state index is 12.2. The highest BCUT2D eigenvalue weighted by Crippen LogP contribution is 2.25. The largest absolute Gasteiger partial charge is 0.494 e. The second-order valence-corrected chi connectivity index (χ2v) is 8.04. The van der Waals surface area contributed by atoms with Gasteiger partial charge >= 0.3 is 0 Å². The standard InChI is InChI=1S/C20H22INO3S/c1-4-25-19-8-5-15(14(3)23)10-16(19)11-26-12-20(24)22-18-7-6-17(21)9-13(18)2/h5-10H,4,11-12H2,1-3H3,(H,22,24). The number of rotatable bonds is 8. The van der Waals surface area contributed by atoms with E-state index < -0.39 is 0 Å². The van der Waals surface area contributed by atoms with Crippen molar-refractivity contribution in [2.24, 2.45) is 0 Å². The molecule has 1 amide bonds. The van der Waals surface area contributed by atoms with Crippen molar-refractivity contribution < 1.29 is 14.3 Å². The van der Waals surface area contributed by atoms with Gasteiger partial charge in [0.15, 0.2) is 5.78 Å². The molecule has 0 spiro atoms. The molecular weight excluding hydrogens is 461 g/mol. The Morgan fingerprint density at radius 2 is 1.96 bits per heavy atom. The molecule has 1 N–H and O–H groups in total. The number of carbonyl (C=O) groups excluding carboxylic acids is 2. The van der Waals surface area contributed by atoms with Crippen LogP contribution < -0.4 is 10.1 Å². The predicted octanol–water partition coefficient (Wildman–Crippen LogP) is 5.07. The molecule has 0 bridgehead atoms. The molecule has 2 aromatic rings. The van der Waals surface area contributed by atoms with Crippen molar-refractivity contribution in [1.29, 1.82) is 0 Å². The number of aryl methyl sites for hydroxylation is 1. The zero-order valence-corrected chi connectivity index (χ0v) is 18.1. The molecule has 0 aliphatic heterocycles. The van der Waals surface area contributed by atoms with E-state index in [0.29, 0.717) is 23.7 Å². The Kier molecular flexibility index (Phi) is 7.96. The van der Waals surface area contributed by atoms with Crippen LogP contribution in [0.15, 0.2) is 36.4 Å². The quantitative estimate of drug-likeness (QED) is 0.421. The lowest BCUT2D eigenvalue weighted by Crippen LogP contribution is -2.15. The van der Waals surface area contributed by atoms with E-state index in [1.165, 1.54) is 11.8 Å². The number of halogens is 1. The number of benzene rings is 2. The Labute approximate surface area is 172 Å². The van der Waals surface area contributed by atoms with Crippen LogP contribution >= 0.6 is 34.4 Å². The van der Waals surface area contributed by atoms with E-state index in [2.05, 4.69) is 27.9 Å². The number of thioether (sulfide) groups is 1. The molecule has 0 heterocycles. The molecule has 26 heavy (non-hydrogen) atoms. The molecule has 6 heteroatoms. The first-order valence-electron chi connectivity index (χ1n) is 8.31. The van der Waals surface area contributed by atoms with Crippen molar-refractivity contribution >= 4 is 51.7 Å². The first-order valence-corrected chi connectivity index (χ1v) is 10.5. The fourth-order valence-electron chi connectivity index (χ4n) is 2.41. The predicted molar refractivity (Wildman–Crippen MR) is 116 cm³/mol.